The number of carbonyl (C=O) groups is 1. The van der Waals surface area contributed by atoms with Gasteiger partial charge in [0.2, 0.25) is 0 Å². The Morgan fingerprint density at radius 2 is 1.72 bits per heavy atom. The van der Waals surface area contributed by atoms with Gasteiger partial charge in [0.25, 0.3) is 11.5 Å². The number of hydrogen-bond acceptors (Lipinski definition) is 5. The summed E-state index contributed by atoms with van der Waals surface area (Å²) in [6, 6.07) is 15.3. The molecule has 1 aliphatic rings. The van der Waals surface area contributed by atoms with Crippen LogP contribution >= 0.6 is 0 Å². The Balaban J connectivity index is 1.60. The quantitative estimate of drug-likeness (QED) is 0.616. The highest BCUT2D eigenvalue weighted by Crippen LogP contribution is 2.22. The van der Waals surface area contributed by atoms with Crippen LogP contribution in [-0.4, -0.2) is 53.9 Å². The first-order valence-corrected chi connectivity index (χ1v) is 11.2. The fourth-order valence-electron chi connectivity index (χ4n) is 4.18. The van der Waals surface area contributed by atoms with E-state index in [4.69, 9.17) is 4.74 Å². The molecule has 0 radical (unpaired) electrons. The molecule has 0 spiro atoms. The fourth-order valence-corrected chi connectivity index (χ4v) is 4.18. The molecule has 1 aromatic heterocycles. The Kier molecular flexibility index (Phi) is 6.44. The van der Waals surface area contributed by atoms with Crippen LogP contribution in [0, 0.1) is 5.92 Å². The lowest BCUT2D eigenvalue weighted by atomic mass is 10.1. The normalized spacial score (nSPS) is 14.6. The van der Waals surface area contributed by atoms with Crippen molar-refractivity contribution in [1.29, 1.82) is 0 Å². The average Bonchev–Trinajstić information content (AvgIpc) is 3.07. The number of nitrogens with zero attached hydrogens (tertiary/aromatic N) is 4. The molecule has 1 saturated heterocycles. The van der Waals surface area contributed by atoms with E-state index in [9.17, 15) is 9.59 Å². The fraction of sp³-hybridized carbons (Fsp3) is 0.400. The highest BCUT2D eigenvalue weighted by atomic mass is 16.5. The first-order chi connectivity index (χ1) is 15.5. The van der Waals surface area contributed by atoms with Crippen molar-refractivity contribution < 1.29 is 9.53 Å². The molecule has 0 atom stereocenters. The molecule has 2 heterocycles. The molecule has 1 aliphatic heterocycles. The van der Waals surface area contributed by atoms with Crippen LogP contribution in [0.2, 0.25) is 0 Å². The van der Waals surface area contributed by atoms with Crippen LogP contribution in [0.25, 0.3) is 10.8 Å². The van der Waals surface area contributed by atoms with Gasteiger partial charge in [-0.1, -0.05) is 32.0 Å². The minimum atomic E-state index is -0.146. The highest BCUT2D eigenvalue weighted by molar-refractivity contribution is 6.04. The molecule has 0 bridgehead atoms. The largest absolute Gasteiger partial charge is 0.497 e. The lowest BCUT2D eigenvalue weighted by Gasteiger charge is -2.24. The lowest BCUT2D eigenvalue weighted by Crippen LogP contribution is -2.37. The molecule has 3 aromatic rings. The SMILES string of the molecule is COc1ccc(N2CCCN(C(=O)c3nn(CC(C)C)c(=O)c4ccccc34)CC2)cc1. The van der Waals surface area contributed by atoms with E-state index in [1.807, 2.05) is 61.2 Å². The Labute approximate surface area is 188 Å². The van der Waals surface area contributed by atoms with Gasteiger partial charge in [0.15, 0.2) is 5.69 Å². The zero-order valence-corrected chi connectivity index (χ0v) is 19.0. The van der Waals surface area contributed by atoms with E-state index < -0.39 is 0 Å². The number of carbonyl (C=O) groups excluding carboxylic acids is 1. The number of anilines is 1. The van der Waals surface area contributed by atoms with E-state index in [2.05, 4.69) is 10.00 Å². The standard InChI is InChI=1S/C25H30N4O3/c1-18(2)17-29-24(30)22-8-5-4-7-21(22)23(26-29)25(31)28-14-6-13-27(15-16-28)19-9-11-20(32-3)12-10-19/h4-5,7-12,18H,6,13-17H2,1-3H3. The second-order valence-corrected chi connectivity index (χ2v) is 8.61. The van der Waals surface area contributed by atoms with Crippen LogP contribution in [0.3, 0.4) is 0 Å². The van der Waals surface area contributed by atoms with Crippen molar-refractivity contribution in [3.8, 4) is 5.75 Å². The monoisotopic (exact) mass is 434 g/mol. The molecular weight excluding hydrogens is 404 g/mol. The summed E-state index contributed by atoms with van der Waals surface area (Å²) in [6.45, 7) is 7.42. The molecule has 168 valence electrons. The molecular formula is C25H30N4O3. The van der Waals surface area contributed by atoms with Gasteiger partial charge in [-0.05, 0) is 42.7 Å². The number of methoxy groups -OCH3 is 1. The van der Waals surface area contributed by atoms with E-state index in [0.29, 0.717) is 36.1 Å². The number of benzene rings is 2. The van der Waals surface area contributed by atoms with Gasteiger partial charge in [-0.2, -0.15) is 5.10 Å². The van der Waals surface area contributed by atoms with Crippen LogP contribution in [0.1, 0.15) is 30.8 Å². The summed E-state index contributed by atoms with van der Waals surface area (Å²) >= 11 is 0. The van der Waals surface area contributed by atoms with Gasteiger partial charge in [-0.25, -0.2) is 4.68 Å². The van der Waals surface area contributed by atoms with Gasteiger partial charge in [0.05, 0.1) is 12.5 Å². The molecule has 32 heavy (non-hydrogen) atoms. The summed E-state index contributed by atoms with van der Waals surface area (Å²) in [5.41, 5.74) is 1.33. The molecule has 0 saturated carbocycles. The van der Waals surface area contributed by atoms with E-state index >= 15 is 0 Å². The van der Waals surface area contributed by atoms with Crippen LogP contribution in [0.15, 0.2) is 53.3 Å². The summed E-state index contributed by atoms with van der Waals surface area (Å²) in [5.74, 6) is 0.964. The Bertz CT molecular complexity index is 1150. The third-order valence-corrected chi connectivity index (χ3v) is 5.83. The van der Waals surface area contributed by atoms with Crippen molar-refractivity contribution in [3.05, 3.63) is 64.6 Å². The van der Waals surface area contributed by atoms with Crippen molar-refractivity contribution in [3.63, 3.8) is 0 Å². The maximum atomic E-state index is 13.6. The molecule has 7 heteroatoms. The minimum Gasteiger partial charge on any atom is -0.497 e. The van der Waals surface area contributed by atoms with Crippen LogP contribution in [0.5, 0.6) is 5.75 Å². The van der Waals surface area contributed by atoms with Gasteiger partial charge in [-0.15, -0.1) is 0 Å². The van der Waals surface area contributed by atoms with Crippen LogP contribution in [0.4, 0.5) is 5.69 Å². The van der Waals surface area contributed by atoms with E-state index in [-0.39, 0.29) is 17.4 Å². The number of fused-ring (bicyclic) bond motifs is 1. The molecule has 0 unspecified atom stereocenters. The molecule has 1 amide bonds. The van der Waals surface area contributed by atoms with Crippen molar-refractivity contribution in [2.75, 3.05) is 38.2 Å². The lowest BCUT2D eigenvalue weighted by molar-refractivity contribution is 0.0760. The number of rotatable bonds is 5. The number of hydrogen-bond donors (Lipinski definition) is 0. The molecule has 2 aromatic carbocycles. The summed E-state index contributed by atoms with van der Waals surface area (Å²) < 4.78 is 6.70. The third kappa shape index (κ3) is 4.47. The number of aromatic nitrogens is 2. The van der Waals surface area contributed by atoms with E-state index in [1.165, 1.54) is 4.68 Å². The number of ether oxygens (including phenoxy) is 1. The zero-order chi connectivity index (χ0) is 22.7. The van der Waals surface area contributed by atoms with Crippen molar-refractivity contribution in [2.24, 2.45) is 5.92 Å². The minimum absolute atomic E-state index is 0.115. The molecule has 1 fully saturated rings. The average molecular weight is 435 g/mol. The Morgan fingerprint density at radius 3 is 2.41 bits per heavy atom. The van der Waals surface area contributed by atoms with Crippen molar-refractivity contribution >= 4 is 22.4 Å². The maximum absolute atomic E-state index is 13.6. The van der Waals surface area contributed by atoms with Gasteiger partial charge >= 0.3 is 0 Å². The van der Waals surface area contributed by atoms with E-state index in [1.54, 1.807) is 13.2 Å². The van der Waals surface area contributed by atoms with Gasteiger partial charge in [0, 0.05) is 43.8 Å². The number of amides is 1. The second-order valence-electron chi connectivity index (χ2n) is 8.61. The molecule has 4 rings (SSSR count). The van der Waals surface area contributed by atoms with Crippen molar-refractivity contribution in [1.82, 2.24) is 14.7 Å². The first kappa shape index (κ1) is 21.9. The maximum Gasteiger partial charge on any atom is 0.275 e. The Morgan fingerprint density at radius 1 is 1.00 bits per heavy atom. The second kappa shape index (κ2) is 9.42. The first-order valence-electron chi connectivity index (χ1n) is 11.2. The predicted molar refractivity (Wildman–Crippen MR) is 127 cm³/mol. The smallest absolute Gasteiger partial charge is 0.275 e. The highest BCUT2D eigenvalue weighted by Gasteiger charge is 2.25. The predicted octanol–water partition coefficient (Wildman–Crippen LogP) is 3.41. The van der Waals surface area contributed by atoms with E-state index in [0.717, 1.165) is 30.9 Å². The summed E-state index contributed by atoms with van der Waals surface area (Å²) in [7, 11) is 1.66. The van der Waals surface area contributed by atoms with Crippen LogP contribution < -0.4 is 15.2 Å². The topological polar surface area (TPSA) is 67.7 Å². The summed E-state index contributed by atoms with van der Waals surface area (Å²) in [5, 5.41) is 5.69. The zero-order valence-electron chi connectivity index (χ0n) is 19.0. The van der Waals surface area contributed by atoms with Crippen LogP contribution in [-0.2, 0) is 6.54 Å². The van der Waals surface area contributed by atoms with Gasteiger partial charge in [0.1, 0.15) is 5.75 Å². The summed E-state index contributed by atoms with van der Waals surface area (Å²) in [6.07, 6.45) is 0.862. The van der Waals surface area contributed by atoms with Crippen molar-refractivity contribution in [2.45, 2.75) is 26.8 Å². The molecule has 0 N–H and O–H groups in total. The third-order valence-electron chi connectivity index (χ3n) is 5.83. The molecule has 7 nitrogen and oxygen atoms in total. The molecule has 0 aliphatic carbocycles. The summed E-state index contributed by atoms with van der Waals surface area (Å²) in [4.78, 5) is 30.6. The Hall–Kier alpha value is -3.35. The van der Waals surface area contributed by atoms with Gasteiger partial charge < -0.3 is 14.5 Å². The van der Waals surface area contributed by atoms with Gasteiger partial charge in [-0.3, -0.25) is 9.59 Å².